The Morgan fingerprint density at radius 2 is 2.12 bits per heavy atom. The molecule has 2 aromatic rings. The van der Waals surface area contributed by atoms with Crippen LogP contribution >= 0.6 is 11.3 Å². The summed E-state index contributed by atoms with van der Waals surface area (Å²) in [6, 6.07) is 3.68. The first-order chi connectivity index (χ1) is 15.2. The number of hydrogen-bond donors (Lipinski definition) is 2. The van der Waals surface area contributed by atoms with Gasteiger partial charge in [0.2, 0.25) is 5.88 Å². The Kier molecular flexibility index (Phi) is 7.51. The zero-order valence-electron chi connectivity index (χ0n) is 16.9. The van der Waals surface area contributed by atoms with Gasteiger partial charge in [-0.05, 0) is 11.4 Å². The minimum atomic E-state index is -5.08. The van der Waals surface area contributed by atoms with E-state index in [0.717, 1.165) is 24.5 Å². The molecule has 2 fully saturated rings. The number of carboxylic acid groups (broad SMARTS) is 1. The Balaban J connectivity index is 0.000000360. The van der Waals surface area contributed by atoms with Crippen molar-refractivity contribution in [1.82, 2.24) is 15.3 Å². The van der Waals surface area contributed by atoms with E-state index in [4.69, 9.17) is 19.4 Å². The lowest BCUT2D eigenvalue weighted by atomic mass is 9.93. The number of thiophene rings is 1. The van der Waals surface area contributed by atoms with Crippen LogP contribution in [0.25, 0.3) is 0 Å². The number of aromatic nitrogens is 2. The van der Waals surface area contributed by atoms with Crippen molar-refractivity contribution in [3.05, 3.63) is 34.8 Å². The van der Waals surface area contributed by atoms with Crippen molar-refractivity contribution in [1.29, 1.82) is 0 Å². The van der Waals surface area contributed by atoms with Gasteiger partial charge in [-0.15, -0.1) is 0 Å². The minimum Gasteiger partial charge on any atom is -0.481 e. The third kappa shape index (κ3) is 5.85. The normalized spacial score (nSPS) is 22.0. The van der Waals surface area contributed by atoms with Gasteiger partial charge in [-0.1, -0.05) is 0 Å². The van der Waals surface area contributed by atoms with E-state index < -0.39 is 12.1 Å². The maximum absolute atomic E-state index is 12.1. The number of nitrogens with one attached hydrogen (secondary N) is 1. The lowest BCUT2D eigenvalue weighted by Gasteiger charge is -2.21. The summed E-state index contributed by atoms with van der Waals surface area (Å²) in [5, 5.41) is 13.9. The van der Waals surface area contributed by atoms with Gasteiger partial charge in [-0.2, -0.15) is 24.5 Å². The van der Waals surface area contributed by atoms with Crippen molar-refractivity contribution < 1.29 is 37.3 Å². The molecule has 4 rings (SSSR count). The highest BCUT2D eigenvalue weighted by molar-refractivity contribution is 7.08. The van der Waals surface area contributed by atoms with Crippen LogP contribution in [-0.4, -0.2) is 72.6 Å². The molecule has 174 valence electrons. The zero-order valence-corrected chi connectivity index (χ0v) is 17.7. The first-order valence-electron chi connectivity index (χ1n) is 9.52. The number of fused-ring (bicyclic) bond motifs is 1. The fourth-order valence-corrected chi connectivity index (χ4v) is 4.17. The molecule has 2 saturated heterocycles. The average Bonchev–Trinajstić information content (AvgIpc) is 3.49. The molecule has 4 heterocycles. The van der Waals surface area contributed by atoms with E-state index in [2.05, 4.69) is 20.2 Å². The van der Waals surface area contributed by atoms with E-state index in [-0.39, 0.29) is 12.0 Å². The van der Waals surface area contributed by atoms with Crippen molar-refractivity contribution in [2.24, 2.45) is 11.8 Å². The van der Waals surface area contributed by atoms with E-state index in [0.29, 0.717) is 30.9 Å². The molecule has 2 aliphatic heterocycles. The summed E-state index contributed by atoms with van der Waals surface area (Å²) in [5.74, 6) is -0.647. The van der Waals surface area contributed by atoms with E-state index in [1.165, 1.54) is 17.7 Å². The van der Waals surface area contributed by atoms with Crippen LogP contribution in [0.2, 0.25) is 0 Å². The lowest BCUT2D eigenvalue weighted by Crippen LogP contribution is -2.34. The number of amides is 1. The van der Waals surface area contributed by atoms with Gasteiger partial charge >= 0.3 is 12.1 Å². The maximum atomic E-state index is 12.1. The van der Waals surface area contributed by atoms with Crippen LogP contribution in [0.1, 0.15) is 10.4 Å². The fourth-order valence-electron chi connectivity index (χ4n) is 3.53. The molecule has 0 unspecified atom stereocenters. The molecule has 2 aliphatic rings. The molecule has 1 amide bonds. The second-order valence-corrected chi connectivity index (χ2v) is 7.92. The first kappa shape index (κ1) is 23.7. The summed E-state index contributed by atoms with van der Waals surface area (Å²) < 4.78 is 42.9. The monoisotopic (exact) mass is 474 g/mol. The van der Waals surface area contributed by atoms with Crippen LogP contribution in [0.4, 0.5) is 19.0 Å². The molecule has 2 N–H and O–H groups in total. The predicted molar refractivity (Wildman–Crippen MR) is 108 cm³/mol. The second kappa shape index (κ2) is 10.1. The van der Waals surface area contributed by atoms with Gasteiger partial charge in [0.15, 0.2) is 0 Å². The van der Waals surface area contributed by atoms with Gasteiger partial charge in [0.25, 0.3) is 5.91 Å². The van der Waals surface area contributed by atoms with E-state index in [9.17, 15) is 18.0 Å². The molecule has 0 aliphatic carbocycles. The third-order valence-electron chi connectivity index (χ3n) is 5.15. The average molecular weight is 474 g/mol. The summed E-state index contributed by atoms with van der Waals surface area (Å²) >= 11 is 1.53. The SMILES string of the molecule is COc1cc(N2C[C@@H]3[C@H](CNC(=O)c4ccsc4)CO[C@@H]3C2)ncn1.O=C(O)C(F)(F)F. The van der Waals surface area contributed by atoms with Crippen molar-refractivity contribution in [3.63, 3.8) is 0 Å². The number of anilines is 1. The molecular formula is C19H21F3N4O5S. The molecule has 32 heavy (non-hydrogen) atoms. The minimum absolute atomic E-state index is 0.0138. The first-order valence-corrected chi connectivity index (χ1v) is 10.5. The summed E-state index contributed by atoms with van der Waals surface area (Å²) in [4.78, 5) is 31.6. The number of alkyl halides is 3. The van der Waals surface area contributed by atoms with Crippen molar-refractivity contribution in [2.75, 3.05) is 38.3 Å². The van der Waals surface area contributed by atoms with Gasteiger partial charge in [0, 0.05) is 48.5 Å². The number of methoxy groups -OCH3 is 1. The van der Waals surface area contributed by atoms with Gasteiger partial charge in [-0.25, -0.2) is 14.8 Å². The highest BCUT2D eigenvalue weighted by Gasteiger charge is 2.44. The molecule has 0 saturated carbocycles. The number of hydrogen-bond acceptors (Lipinski definition) is 8. The Morgan fingerprint density at radius 1 is 1.38 bits per heavy atom. The molecule has 0 spiro atoms. The predicted octanol–water partition coefficient (Wildman–Crippen LogP) is 2.06. The fraction of sp³-hybridized carbons (Fsp3) is 0.474. The molecule has 0 radical (unpaired) electrons. The standard InChI is InChI=1S/C17H20N4O3S.C2HF3O2/c1-23-16-4-15(19-10-20-16)21-6-13-12(8-24-14(13)7-21)5-18-17(22)11-2-3-25-9-11;3-2(4,5)1(6)7/h2-4,9-10,12-14H,5-8H2,1H3,(H,18,22);(H,6,7)/t12-,13-,14-;/m1./s1. The van der Waals surface area contributed by atoms with Crippen LogP contribution in [0.15, 0.2) is 29.2 Å². The Labute approximate surface area is 185 Å². The quantitative estimate of drug-likeness (QED) is 0.677. The third-order valence-corrected chi connectivity index (χ3v) is 5.83. The van der Waals surface area contributed by atoms with E-state index >= 15 is 0 Å². The van der Waals surface area contributed by atoms with Gasteiger partial charge in [0.1, 0.15) is 12.1 Å². The number of ether oxygens (including phenoxy) is 2. The van der Waals surface area contributed by atoms with E-state index in [1.807, 2.05) is 22.9 Å². The van der Waals surface area contributed by atoms with Crippen molar-refractivity contribution in [2.45, 2.75) is 12.3 Å². The maximum Gasteiger partial charge on any atom is 0.490 e. The van der Waals surface area contributed by atoms with Gasteiger partial charge in [0.05, 0.1) is 19.8 Å². The van der Waals surface area contributed by atoms with Crippen LogP contribution < -0.4 is 15.0 Å². The molecule has 9 nitrogen and oxygen atoms in total. The van der Waals surface area contributed by atoms with Crippen LogP contribution in [-0.2, 0) is 9.53 Å². The smallest absolute Gasteiger partial charge is 0.481 e. The zero-order chi connectivity index (χ0) is 23.3. The summed E-state index contributed by atoms with van der Waals surface area (Å²) in [7, 11) is 1.60. The van der Waals surface area contributed by atoms with Crippen LogP contribution in [0.5, 0.6) is 5.88 Å². The number of halogens is 3. The summed E-state index contributed by atoms with van der Waals surface area (Å²) in [5.41, 5.74) is 0.724. The molecule has 13 heteroatoms. The Bertz CT molecular complexity index is 928. The molecule has 2 aromatic heterocycles. The molecule has 3 atom stereocenters. The number of carbonyl (C=O) groups is 2. The summed E-state index contributed by atoms with van der Waals surface area (Å²) in [6.45, 7) is 3.00. The number of rotatable bonds is 5. The molecular weight excluding hydrogens is 453 g/mol. The van der Waals surface area contributed by atoms with Gasteiger partial charge in [-0.3, -0.25) is 4.79 Å². The summed E-state index contributed by atoms with van der Waals surface area (Å²) in [6.07, 6.45) is -3.38. The second-order valence-electron chi connectivity index (χ2n) is 7.14. The Hall–Kier alpha value is -2.93. The number of nitrogens with zero attached hydrogens (tertiary/aromatic N) is 3. The highest BCUT2D eigenvalue weighted by Crippen LogP contribution is 2.35. The number of carboxylic acids is 1. The van der Waals surface area contributed by atoms with Gasteiger partial charge < -0.3 is 24.8 Å². The van der Waals surface area contributed by atoms with Crippen LogP contribution in [0, 0.1) is 11.8 Å². The van der Waals surface area contributed by atoms with Crippen molar-refractivity contribution in [3.8, 4) is 5.88 Å². The van der Waals surface area contributed by atoms with E-state index in [1.54, 1.807) is 7.11 Å². The molecule has 0 aromatic carbocycles. The topological polar surface area (TPSA) is 114 Å². The molecule has 0 bridgehead atoms. The number of carbonyl (C=O) groups excluding carboxylic acids is 1. The van der Waals surface area contributed by atoms with Crippen LogP contribution in [0.3, 0.4) is 0 Å². The lowest BCUT2D eigenvalue weighted by molar-refractivity contribution is -0.192. The number of aliphatic carboxylic acids is 1. The largest absolute Gasteiger partial charge is 0.490 e. The van der Waals surface area contributed by atoms with Crippen molar-refractivity contribution >= 4 is 29.0 Å². The Morgan fingerprint density at radius 3 is 2.75 bits per heavy atom. The highest BCUT2D eigenvalue weighted by atomic mass is 32.1.